The van der Waals surface area contributed by atoms with E-state index in [9.17, 15) is 9.59 Å². The lowest BCUT2D eigenvalue weighted by atomic mass is 10.0. The normalized spacial score (nSPS) is 11.5. The number of aliphatic hydroxyl groups excluding tert-OH is 1. The number of nitrogens with one attached hydrogen (secondary N) is 2. The topological polar surface area (TPSA) is 115 Å². The van der Waals surface area contributed by atoms with E-state index in [1.165, 1.54) is 51.4 Å². The standard InChI is InChI=1S/C30H60N2O7/c1-30(2,3)39-29(35)32-20-17-23-37-25-27-38-26-24-36-22-16-19-31-28(34)18-14-12-10-8-6-4-5-7-9-11-13-15-21-33/h33H,4-27H2,1-3H3,(H,31,34)(H,32,35). The molecule has 0 radical (unpaired) electrons. The van der Waals surface area contributed by atoms with Crippen molar-refractivity contribution in [3.63, 3.8) is 0 Å². The lowest BCUT2D eigenvalue weighted by molar-refractivity contribution is -0.121. The smallest absolute Gasteiger partial charge is 0.407 e. The van der Waals surface area contributed by atoms with E-state index in [1.807, 2.05) is 20.8 Å². The fraction of sp³-hybridized carbons (Fsp3) is 0.933. The lowest BCUT2D eigenvalue weighted by Gasteiger charge is -2.19. The number of carbonyl (C=O) groups excluding carboxylic acids is 2. The number of hydrogen-bond acceptors (Lipinski definition) is 7. The molecule has 0 aromatic heterocycles. The van der Waals surface area contributed by atoms with E-state index in [4.69, 9.17) is 24.1 Å². The van der Waals surface area contributed by atoms with E-state index >= 15 is 0 Å². The van der Waals surface area contributed by atoms with Crippen molar-refractivity contribution in [1.29, 1.82) is 0 Å². The van der Waals surface area contributed by atoms with Crippen LogP contribution >= 0.6 is 0 Å². The van der Waals surface area contributed by atoms with Crippen LogP contribution in [0.5, 0.6) is 0 Å². The second-order valence-electron chi connectivity index (χ2n) is 11.0. The van der Waals surface area contributed by atoms with Crippen molar-refractivity contribution in [1.82, 2.24) is 10.6 Å². The van der Waals surface area contributed by atoms with Gasteiger partial charge < -0.3 is 34.7 Å². The molecule has 39 heavy (non-hydrogen) atoms. The Kier molecular flexibility index (Phi) is 27.1. The zero-order valence-electron chi connectivity index (χ0n) is 25.4. The van der Waals surface area contributed by atoms with Gasteiger partial charge in [-0.3, -0.25) is 4.79 Å². The number of alkyl carbamates (subject to hydrolysis) is 1. The van der Waals surface area contributed by atoms with Gasteiger partial charge in [0.2, 0.25) is 5.91 Å². The summed E-state index contributed by atoms with van der Waals surface area (Å²) in [5, 5.41) is 14.4. The van der Waals surface area contributed by atoms with Crippen LogP contribution in [0.25, 0.3) is 0 Å². The third-order valence-corrected chi connectivity index (χ3v) is 5.98. The minimum atomic E-state index is -0.487. The maximum Gasteiger partial charge on any atom is 0.407 e. The second kappa shape index (κ2) is 28.1. The molecule has 0 aromatic rings. The Morgan fingerprint density at radius 2 is 0.974 bits per heavy atom. The highest BCUT2D eigenvalue weighted by atomic mass is 16.6. The maximum atomic E-state index is 11.9. The summed E-state index contributed by atoms with van der Waals surface area (Å²) in [6.07, 6.45) is 16.2. The SMILES string of the molecule is CC(C)(C)OC(=O)NCCCOCCOCCOCCCNC(=O)CCCCCCCCCCCCCCO. The van der Waals surface area contributed by atoms with Crippen molar-refractivity contribution in [2.45, 2.75) is 123 Å². The van der Waals surface area contributed by atoms with Gasteiger partial charge in [0.25, 0.3) is 0 Å². The van der Waals surface area contributed by atoms with Gasteiger partial charge in [0.15, 0.2) is 0 Å². The molecule has 0 aliphatic carbocycles. The predicted octanol–water partition coefficient (Wildman–Crippen LogP) is 5.52. The van der Waals surface area contributed by atoms with Gasteiger partial charge in [0.05, 0.1) is 26.4 Å². The van der Waals surface area contributed by atoms with Crippen LogP contribution in [0.15, 0.2) is 0 Å². The molecule has 232 valence electrons. The molecule has 0 unspecified atom stereocenters. The van der Waals surface area contributed by atoms with Gasteiger partial charge in [-0.05, 0) is 46.5 Å². The summed E-state index contributed by atoms with van der Waals surface area (Å²) in [6.45, 7) is 10.2. The van der Waals surface area contributed by atoms with Crippen LogP contribution in [-0.4, -0.2) is 82.0 Å². The number of rotatable bonds is 28. The Labute approximate surface area is 238 Å². The van der Waals surface area contributed by atoms with Gasteiger partial charge in [0.1, 0.15) is 5.60 Å². The zero-order chi connectivity index (χ0) is 28.9. The van der Waals surface area contributed by atoms with Crippen molar-refractivity contribution in [2.75, 3.05) is 59.3 Å². The number of hydrogen-bond donors (Lipinski definition) is 3. The number of ether oxygens (including phenoxy) is 4. The van der Waals surface area contributed by atoms with Crippen molar-refractivity contribution < 1.29 is 33.6 Å². The fourth-order valence-electron chi connectivity index (χ4n) is 3.88. The Morgan fingerprint density at radius 3 is 1.44 bits per heavy atom. The van der Waals surface area contributed by atoms with E-state index in [1.54, 1.807) is 0 Å². The first-order valence-corrected chi connectivity index (χ1v) is 15.4. The van der Waals surface area contributed by atoms with E-state index in [2.05, 4.69) is 10.6 Å². The largest absolute Gasteiger partial charge is 0.444 e. The molecule has 0 atom stereocenters. The zero-order valence-corrected chi connectivity index (χ0v) is 25.4. The highest BCUT2D eigenvalue weighted by molar-refractivity contribution is 5.75. The first-order chi connectivity index (χ1) is 18.8. The van der Waals surface area contributed by atoms with E-state index in [-0.39, 0.29) is 5.91 Å². The molecule has 2 amide bonds. The molecule has 3 N–H and O–H groups in total. The predicted molar refractivity (Wildman–Crippen MR) is 156 cm³/mol. The van der Waals surface area contributed by atoms with Crippen LogP contribution in [0.4, 0.5) is 4.79 Å². The maximum absolute atomic E-state index is 11.9. The molecule has 0 bridgehead atoms. The van der Waals surface area contributed by atoms with Crippen molar-refractivity contribution in [3.05, 3.63) is 0 Å². The number of unbranched alkanes of at least 4 members (excludes halogenated alkanes) is 11. The van der Waals surface area contributed by atoms with Gasteiger partial charge in [-0.2, -0.15) is 0 Å². The summed E-state index contributed by atoms with van der Waals surface area (Å²) in [5.41, 5.74) is -0.487. The van der Waals surface area contributed by atoms with Crippen LogP contribution in [0.2, 0.25) is 0 Å². The van der Waals surface area contributed by atoms with Crippen LogP contribution in [0.3, 0.4) is 0 Å². The fourth-order valence-corrected chi connectivity index (χ4v) is 3.88. The molecule has 0 rings (SSSR count). The average Bonchev–Trinajstić information content (AvgIpc) is 2.88. The summed E-state index contributed by atoms with van der Waals surface area (Å²) in [5.74, 6) is 0.139. The Hall–Kier alpha value is -1.42. The number of amides is 2. The lowest BCUT2D eigenvalue weighted by Crippen LogP contribution is -2.33. The molecule has 0 saturated carbocycles. The Balaban J connectivity index is 3.22. The molecule has 9 heteroatoms. The molecule has 0 heterocycles. The molecule has 9 nitrogen and oxygen atoms in total. The summed E-state index contributed by atoms with van der Waals surface area (Å²) in [4.78, 5) is 23.4. The van der Waals surface area contributed by atoms with Crippen LogP contribution in [0.1, 0.15) is 117 Å². The van der Waals surface area contributed by atoms with Crippen molar-refractivity contribution >= 4 is 12.0 Å². The molecular weight excluding hydrogens is 500 g/mol. The summed E-state index contributed by atoms with van der Waals surface area (Å²) < 4.78 is 21.6. The summed E-state index contributed by atoms with van der Waals surface area (Å²) >= 11 is 0. The second-order valence-corrected chi connectivity index (χ2v) is 11.0. The molecule has 0 fully saturated rings. The molecule has 0 aliphatic rings. The van der Waals surface area contributed by atoms with Crippen LogP contribution < -0.4 is 10.6 Å². The summed E-state index contributed by atoms with van der Waals surface area (Å²) in [7, 11) is 0. The quantitative estimate of drug-likeness (QED) is 0.108. The van der Waals surface area contributed by atoms with E-state index in [0.29, 0.717) is 72.2 Å². The van der Waals surface area contributed by atoms with E-state index < -0.39 is 11.7 Å². The van der Waals surface area contributed by atoms with Crippen molar-refractivity contribution in [3.8, 4) is 0 Å². The monoisotopic (exact) mass is 560 g/mol. The third-order valence-electron chi connectivity index (χ3n) is 5.98. The molecule has 0 aliphatic heterocycles. The number of aliphatic hydroxyl groups is 1. The molecular formula is C30H60N2O7. The first-order valence-electron chi connectivity index (χ1n) is 15.4. The number of carbonyl (C=O) groups is 2. The van der Waals surface area contributed by atoms with Crippen LogP contribution in [-0.2, 0) is 23.7 Å². The van der Waals surface area contributed by atoms with Gasteiger partial charge in [-0.1, -0.05) is 64.2 Å². The minimum Gasteiger partial charge on any atom is -0.444 e. The third kappa shape index (κ3) is 32.7. The van der Waals surface area contributed by atoms with Gasteiger partial charge in [0, 0.05) is 39.3 Å². The average molecular weight is 561 g/mol. The Bertz CT molecular complexity index is 556. The van der Waals surface area contributed by atoms with Gasteiger partial charge in [-0.15, -0.1) is 0 Å². The molecule has 0 spiro atoms. The van der Waals surface area contributed by atoms with Gasteiger partial charge in [-0.25, -0.2) is 4.79 Å². The van der Waals surface area contributed by atoms with E-state index in [0.717, 1.165) is 32.1 Å². The highest BCUT2D eigenvalue weighted by Crippen LogP contribution is 2.12. The Morgan fingerprint density at radius 1 is 0.564 bits per heavy atom. The van der Waals surface area contributed by atoms with Gasteiger partial charge >= 0.3 is 6.09 Å². The first kappa shape index (κ1) is 37.6. The highest BCUT2D eigenvalue weighted by Gasteiger charge is 2.15. The van der Waals surface area contributed by atoms with Crippen molar-refractivity contribution in [2.24, 2.45) is 0 Å². The summed E-state index contributed by atoms with van der Waals surface area (Å²) in [6, 6.07) is 0. The molecule has 0 aromatic carbocycles. The minimum absolute atomic E-state index is 0.139. The molecule has 0 saturated heterocycles. The van der Waals surface area contributed by atoms with Crippen LogP contribution in [0, 0.1) is 0 Å².